The van der Waals surface area contributed by atoms with Gasteiger partial charge in [0.05, 0.1) is 11.5 Å². The second kappa shape index (κ2) is 6.62. The Bertz CT molecular complexity index is 550. The van der Waals surface area contributed by atoms with Crippen molar-refractivity contribution in [2.75, 3.05) is 39.3 Å². The fourth-order valence-electron chi connectivity index (χ4n) is 2.33. The van der Waals surface area contributed by atoms with Crippen molar-refractivity contribution in [3.8, 4) is 0 Å². The van der Waals surface area contributed by atoms with Gasteiger partial charge in [0.15, 0.2) is 0 Å². The van der Waals surface area contributed by atoms with Crippen molar-refractivity contribution in [3.63, 3.8) is 0 Å². The average Bonchev–Trinajstić information content (AvgIpc) is 2.65. The molecule has 112 valence electrons. The molecule has 1 aliphatic rings. The van der Waals surface area contributed by atoms with Crippen LogP contribution >= 0.6 is 0 Å². The molecular weight excluding hydrogens is 283 g/mol. The summed E-state index contributed by atoms with van der Waals surface area (Å²) in [6.07, 6.45) is 0.703. The lowest BCUT2D eigenvalue weighted by atomic mass is 10.4. The molecule has 0 aliphatic carbocycles. The van der Waals surface area contributed by atoms with Gasteiger partial charge in [-0.3, -0.25) is 4.90 Å². The third-order valence-corrected chi connectivity index (χ3v) is 5.29. The number of halogens is 1. The third-order valence-electron chi connectivity index (χ3n) is 3.40. The van der Waals surface area contributed by atoms with Crippen LogP contribution in [0.15, 0.2) is 29.2 Å². The topological polar surface area (TPSA) is 60.9 Å². The van der Waals surface area contributed by atoms with Gasteiger partial charge < -0.3 is 5.11 Å². The molecule has 1 aliphatic heterocycles. The van der Waals surface area contributed by atoms with Crippen molar-refractivity contribution in [3.05, 3.63) is 30.1 Å². The summed E-state index contributed by atoms with van der Waals surface area (Å²) < 4.78 is 39.5. The quantitative estimate of drug-likeness (QED) is 0.880. The molecule has 1 saturated heterocycles. The van der Waals surface area contributed by atoms with Crippen LogP contribution in [0.3, 0.4) is 0 Å². The number of sulfonamides is 1. The van der Waals surface area contributed by atoms with Crippen LogP contribution in [0.5, 0.6) is 0 Å². The molecule has 0 amide bonds. The van der Waals surface area contributed by atoms with Gasteiger partial charge in [0.1, 0.15) is 5.82 Å². The predicted octanol–water partition coefficient (Wildman–Crippen LogP) is 0.514. The molecule has 0 spiro atoms. The number of hydrogen-bond acceptors (Lipinski definition) is 4. The number of β-amino-alcohol motifs (C(OH)–C–C–N with tert-alkyl or cyclic N) is 1. The summed E-state index contributed by atoms with van der Waals surface area (Å²) in [7, 11) is -3.64. The zero-order valence-electron chi connectivity index (χ0n) is 11.2. The van der Waals surface area contributed by atoms with Gasteiger partial charge in [0, 0.05) is 26.2 Å². The van der Waals surface area contributed by atoms with Crippen LogP contribution in [0.1, 0.15) is 6.42 Å². The Morgan fingerprint density at radius 1 is 1.20 bits per heavy atom. The van der Waals surface area contributed by atoms with E-state index < -0.39 is 15.8 Å². The summed E-state index contributed by atoms with van der Waals surface area (Å²) in [4.78, 5) is 2.02. The average molecular weight is 302 g/mol. The standard InChI is InChI=1S/C13H19FN2O3S/c14-12-3-1-4-13(11-12)20(18,19)16-6-2-5-15(7-8-16)9-10-17/h1,3-4,11,17H,2,5-10H2. The largest absolute Gasteiger partial charge is 0.395 e. The minimum absolute atomic E-state index is 0.00638. The van der Waals surface area contributed by atoms with E-state index in [1.54, 1.807) is 0 Å². The fourth-order valence-corrected chi connectivity index (χ4v) is 3.83. The Morgan fingerprint density at radius 2 is 2.00 bits per heavy atom. The van der Waals surface area contributed by atoms with E-state index in [4.69, 9.17) is 5.11 Å². The molecule has 1 aromatic carbocycles. The highest BCUT2D eigenvalue weighted by molar-refractivity contribution is 7.89. The first-order valence-electron chi connectivity index (χ1n) is 6.63. The Balaban J connectivity index is 2.14. The molecule has 20 heavy (non-hydrogen) atoms. The van der Waals surface area contributed by atoms with Gasteiger partial charge in [-0.1, -0.05) is 6.07 Å². The highest BCUT2D eigenvalue weighted by Gasteiger charge is 2.26. The predicted molar refractivity (Wildman–Crippen MR) is 73.3 cm³/mol. The first kappa shape index (κ1) is 15.4. The smallest absolute Gasteiger partial charge is 0.243 e. The number of aliphatic hydroxyl groups is 1. The maximum Gasteiger partial charge on any atom is 0.243 e. The van der Waals surface area contributed by atoms with Crippen LogP contribution in [-0.4, -0.2) is 62.1 Å². The molecule has 5 nitrogen and oxygen atoms in total. The van der Waals surface area contributed by atoms with E-state index in [1.807, 2.05) is 4.90 Å². The number of rotatable bonds is 4. The number of nitrogens with zero attached hydrogens (tertiary/aromatic N) is 2. The van der Waals surface area contributed by atoms with Crippen molar-refractivity contribution in [1.82, 2.24) is 9.21 Å². The van der Waals surface area contributed by atoms with Crippen molar-refractivity contribution < 1.29 is 17.9 Å². The van der Waals surface area contributed by atoms with E-state index >= 15 is 0 Å². The molecule has 2 rings (SSSR count). The molecule has 0 aromatic heterocycles. The number of aliphatic hydroxyl groups excluding tert-OH is 1. The molecule has 1 aromatic rings. The van der Waals surface area contributed by atoms with Crippen LogP contribution in [0.25, 0.3) is 0 Å². The maximum absolute atomic E-state index is 13.2. The van der Waals surface area contributed by atoms with Crippen LogP contribution in [0, 0.1) is 5.82 Å². The maximum atomic E-state index is 13.2. The summed E-state index contributed by atoms with van der Waals surface area (Å²) >= 11 is 0. The summed E-state index contributed by atoms with van der Waals surface area (Å²) in [6.45, 7) is 2.73. The molecular formula is C13H19FN2O3S. The molecule has 1 N–H and O–H groups in total. The van der Waals surface area contributed by atoms with Crippen molar-refractivity contribution >= 4 is 10.0 Å². The summed E-state index contributed by atoms with van der Waals surface area (Å²) in [5.41, 5.74) is 0. The van der Waals surface area contributed by atoms with Crippen molar-refractivity contribution in [2.45, 2.75) is 11.3 Å². The van der Waals surface area contributed by atoms with Gasteiger partial charge in [-0.05, 0) is 31.2 Å². The Hall–Kier alpha value is -1.02. The lowest BCUT2D eigenvalue weighted by molar-refractivity contribution is 0.202. The van der Waals surface area contributed by atoms with Gasteiger partial charge >= 0.3 is 0 Å². The second-order valence-electron chi connectivity index (χ2n) is 4.78. The van der Waals surface area contributed by atoms with Crippen LogP contribution in [0.2, 0.25) is 0 Å². The van der Waals surface area contributed by atoms with E-state index in [0.29, 0.717) is 32.6 Å². The minimum Gasteiger partial charge on any atom is -0.395 e. The van der Waals surface area contributed by atoms with Gasteiger partial charge in [-0.25, -0.2) is 12.8 Å². The van der Waals surface area contributed by atoms with Crippen LogP contribution in [0.4, 0.5) is 4.39 Å². The Labute approximate surface area is 118 Å². The first-order chi connectivity index (χ1) is 9.54. The van der Waals surface area contributed by atoms with Crippen LogP contribution in [-0.2, 0) is 10.0 Å². The zero-order valence-corrected chi connectivity index (χ0v) is 12.0. The molecule has 0 unspecified atom stereocenters. The molecule has 0 radical (unpaired) electrons. The molecule has 0 bridgehead atoms. The molecule has 1 fully saturated rings. The molecule has 0 atom stereocenters. The van der Waals surface area contributed by atoms with E-state index in [2.05, 4.69) is 0 Å². The zero-order chi connectivity index (χ0) is 14.6. The molecule has 1 heterocycles. The van der Waals surface area contributed by atoms with Crippen molar-refractivity contribution in [1.29, 1.82) is 0 Å². The van der Waals surface area contributed by atoms with Crippen molar-refractivity contribution in [2.24, 2.45) is 0 Å². The van der Waals surface area contributed by atoms with Gasteiger partial charge in [0.2, 0.25) is 10.0 Å². The van der Waals surface area contributed by atoms with E-state index in [0.717, 1.165) is 12.6 Å². The molecule has 7 heteroatoms. The fraction of sp³-hybridized carbons (Fsp3) is 0.538. The summed E-state index contributed by atoms with van der Waals surface area (Å²) in [6, 6.07) is 5.09. The SMILES string of the molecule is O=S(=O)(c1cccc(F)c1)N1CCCN(CCO)CC1. The lowest BCUT2D eigenvalue weighted by Gasteiger charge is -2.21. The Kier molecular flexibility index (Phi) is 5.09. The molecule has 0 saturated carbocycles. The summed E-state index contributed by atoms with van der Waals surface area (Å²) in [5, 5.41) is 8.93. The van der Waals surface area contributed by atoms with Gasteiger partial charge in [0.25, 0.3) is 0 Å². The normalized spacial score (nSPS) is 18.9. The van der Waals surface area contributed by atoms with Gasteiger partial charge in [-0.2, -0.15) is 4.31 Å². The lowest BCUT2D eigenvalue weighted by Crippen LogP contribution is -2.35. The number of hydrogen-bond donors (Lipinski definition) is 1. The van der Waals surface area contributed by atoms with Gasteiger partial charge in [-0.15, -0.1) is 0 Å². The Morgan fingerprint density at radius 3 is 2.70 bits per heavy atom. The van der Waals surface area contributed by atoms with E-state index in [-0.39, 0.29) is 11.5 Å². The van der Waals surface area contributed by atoms with E-state index in [9.17, 15) is 12.8 Å². The summed E-state index contributed by atoms with van der Waals surface area (Å²) in [5.74, 6) is -0.553. The minimum atomic E-state index is -3.64. The monoisotopic (exact) mass is 302 g/mol. The number of benzene rings is 1. The highest BCUT2D eigenvalue weighted by Crippen LogP contribution is 2.18. The van der Waals surface area contributed by atoms with Crippen LogP contribution < -0.4 is 0 Å². The first-order valence-corrected chi connectivity index (χ1v) is 8.07. The third kappa shape index (κ3) is 3.54. The highest BCUT2D eigenvalue weighted by atomic mass is 32.2. The van der Waals surface area contributed by atoms with E-state index in [1.165, 1.54) is 22.5 Å². The second-order valence-corrected chi connectivity index (χ2v) is 6.72.